The predicted molar refractivity (Wildman–Crippen MR) is 95.3 cm³/mol. The van der Waals surface area contributed by atoms with Gasteiger partial charge >= 0.3 is 5.97 Å². The molecule has 0 unspecified atom stereocenters. The predicted octanol–water partition coefficient (Wildman–Crippen LogP) is 3.80. The summed E-state index contributed by atoms with van der Waals surface area (Å²) in [7, 11) is 3.07. The molecule has 0 fully saturated rings. The summed E-state index contributed by atoms with van der Waals surface area (Å²) in [5.74, 6) is 0.198. The molecule has 0 N–H and O–H groups in total. The number of methoxy groups -OCH3 is 2. The molecule has 0 bridgehead atoms. The number of benzene rings is 2. The number of carbonyl (C=O) groups excluding carboxylic acids is 2. The molecule has 2 rings (SSSR count). The molecular weight excluding hydrogens is 344 g/mol. The third-order valence-electron chi connectivity index (χ3n) is 3.31. The quantitative estimate of drug-likeness (QED) is 0.427. The number of halogens is 1. The Bertz CT molecular complexity index is 798. The lowest BCUT2D eigenvalue weighted by molar-refractivity contribution is -0.136. The van der Waals surface area contributed by atoms with Gasteiger partial charge in [0.1, 0.15) is 0 Å². The van der Waals surface area contributed by atoms with Gasteiger partial charge in [0.25, 0.3) is 0 Å². The largest absolute Gasteiger partial charge is 0.493 e. The van der Waals surface area contributed by atoms with Crippen molar-refractivity contribution in [3.05, 3.63) is 64.7 Å². The van der Waals surface area contributed by atoms with Gasteiger partial charge in [0.2, 0.25) is 0 Å². The van der Waals surface area contributed by atoms with E-state index in [4.69, 9.17) is 25.8 Å². The molecule has 0 aliphatic rings. The lowest BCUT2D eigenvalue weighted by Gasteiger charge is -2.07. The molecule has 6 heteroatoms. The maximum atomic E-state index is 11.9. The van der Waals surface area contributed by atoms with Gasteiger partial charge in [-0.2, -0.15) is 0 Å². The highest BCUT2D eigenvalue weighted by Gasteiger charge is 2.09. The molecule has 0 aromatic heterocycles. The first-order valence-corrected chi connectivity index (χ1v) is 7.77. The second-order valence-corrected chi connectivity index (χ2v) is 5.43. The summed E-state index contributed by atoms with van der Waals surface area (Å²) in [6.45, 7) is -0.352. The molecule has 0 saturated carbocycles. The lowest BCUT2D eigenvalue weighted by atomic mass is 10.1. The Kier molecular flexibility index (Phi) is 6.60. The van der Waals surface area contributed by atoms with Crippen LogP contribution in [-0.2, 0) is 9.53 Å². The Morgan fingerprint density at radius 3 is 2.48 bits per heavy atom. The van der Waals surface area contributed by atoms with Gasteiger partial charge in [-0.25, -0.2) is 4.79 Å². The number of esters is 1. The first kappa shape index (κ1) is 18.5. The van der Waals surface area contributed by atoms with Crippen LogP contribution >= 0.6 is 11.6 Å². The second kappa shape index (κ2) is 8.89. The van der Waals surface area contributed by atoms with Crippen molar-refractivity contribution in [3.63, 3.8) is 0 Å². The molecule has 130 valence electrons. The number of hydrogen-bond acceptors (Lipinski definition) is 5. The van der Waals surface area contributed by atoms with Crippen LogP contribution in [0.5, 0.6) is 11.5 Å². The third kappa shape index (κ3) is 5.36. The Hall–Kier alpha value is -2.79. The fourth-order valence-electron chi connectivity index (χ4n) is 2.05. The van der Waals surface area contributed by atoms with Crippen molar-refractivity contribution in [3.8, 4) is 11.5 Å². The van der Waals surface area contributed by atoms with E-state index in [-0.39, 0.29) is 12.4 Å². The highest BCUT2D eigenvalue weighted by Crippen LogP contribution is 2.27. The molecule has 0 spiro atoms. The lowest BCUT2D eigenvalue weighted by Crippen LogP contribution is -2.12. The Balaban J connectivity index is 1.93. The topological polar surface area (TPSA) is 61.8 Å². The summed E-state index contributed by atoms with van der Waals surface area (Å²) in [6.07, 6.45) is 2.81. The molecule has 0 saturated heterocycles. The van der Waals surface area contributed by atoms with Crippen LogP contribution in [0.25, 0.3) is 6.08 Å². The summed E-state index contributed by atoms with van der Waals surface area (Å²) < 4.78 is 15.3. The Labute approximate surface area is 150 Å². The van der Waals surface area contributed by atoms with Crippen molar-refractivity contribution in [2.24, 2.45) is 0 Å². The maximum absolute atomic E-state index is 11.9. The van der Waals surface area contributed by atoms with Gasteiger partial charge in [-0.15, -0.1) is 0 Å². The number of ketones is 1. The molecular formula is C19H17ClO5. The van der Waals surface area contributed by atoms with Crippen LogP contribution in [0.15, 0.2) is 48.5 Å². The van der Waals surface area contributed by atoms with E-state index in [9.17, 15) is 9.59 Å². The van der Waals surface area contributed by atoms with Gasteiger partial charge in [-0.3, -0.25) is 4.79 Å². The standard InChI is InChI=1S/C19H17ClO5/c1-23-17-8-6-13(10-18(17)24-2)7-9-19(22)25-12-16(21)14-4-3-5-15(20)11-14/h3-11H,12H2,1-2H3. The number of hydrogen-bond donors (Lipinski definition) is 0. The average molecular weight is 361 g/mol. The van der Waals surface area contributed by atoms with Crippen LogP contribution < -0.4 is 9.47 Å². The van der Waals surface area contributed by atoms with Gasteiger partial charge in [0, 0.05) is 16.7 Å². The molecule has 0 radical (unpaired) electrons. The van der Waals surface area contributed by atoms with Crippen LogP contribution in [0.2, 0.25) is 5.02 Å². The first-order chi connectivity index (χ1) is 12.0. The van der Waals surface area contributed by atoms with Gasteiger partial charge in [-0.05, 0) is 35.9 Å². The Morgan fingerprint density at radius 2 is 1.80 bits per heavy atom. The minimum Gasteiger partial charge on any atom is -0.493 e. The highest BCUT2D eigenvalue weighted by atomic mass is 35.5. The van der Waals surface area contributed by atoms with Gasteiger partial charge in [0.15, 0.2) is 23.9 Å². The van der Waals surface area contributed by atoms with E-state index in [0.29, 0.717) is 22.1 Å². The first-order valence-electron chi connectivity index (χ1n) is 7.39. The molecule has 2 aromatic carbocycles. The normalized spacial score (nSPS) is 10.5. The second-order valence-electron chi connectivity index (χ2n) is 4.99. The van der Waals surface area contributed by atoms with Crippen molar-refractivity contribution in [1.29, 1.82) is 0 Å². The van der Waals surface area contributed by atoms with Crippen LogP contribution in [0.4, 0.5) is 0 Å². The summed E-state index contributed by atoms with van der Waals surface area (Å²) in [5.41, 5.74) is 1.12. The van der Waals surface area contributed by atoms with Crippen molar-refractivity contribution >= 4 is 29.4 Å². The van der Waals surface area contributed by atoms with Crippen molar-refractivity contribution in [2.45, 2.75) is 0 Å². The third-order valence-corrected chi connectivity index (χ3v) is 3.55. The summed E-state index contributed by atoms with van der Waals surface area (Å²) in [4.78, 5) is 23.7. The zero-order valence-corrected chi connectivity index (χ0v) is 14.6. The molecule has 0 heterocycles. The number of ether oxygens (including phenoxy) is 3. The van der Waals surface area contributed by atoms with Gasteiger partial charge in [-0.1, -0.05) is 29.8 Å². The van der Waals surface area contributed by atoms with E-state index in [1.807, 2.05) is 0 Å². The number of carbonyl (C=O) groups is 2. The van der Waals surface area contributed by atoms with Crippen molar-refractivity contribution in [2.75, 3.05) is 20.8 Å². The smallest absolute Gasteiger partial charge is 0.331 e. The van der Waals surface area contributed by atoms with Crippen LogP contribution in [0.3, 0.4) is 0 Å². The SMILES string of the molecule is COc1ccc(C=CC(=O)OCC(=O)c2cccc(Cl)c2)cc1OC. The van der Waals surface area contributed by atoms with Crippen LogP contribution in [-0.4, -0.2) is 32.6 Å². The summed E-state index contributed by atoms with van der Waals surface area (Å²) >= 11 is 5.83. The van der Waals surface area contributed by atoms with Crippen LogP contribution in [0, 0.1) is 0 Å². The number of Topliss-reactive ketones (excluding diaryl/α,β-unsaturated/α-hetero) is 1. The minimum atomic E-state index is -0.620. The molecule has 2 aromatic rings. The van der Waals surface area contributed by atoms with Crippen molar-refractivity contribution in [1.82, 2.24) is 0 Å². The molecule has 0 atom stereocenters. The number of rotatable bonds is 7. The van der Waals surface area contributed by atoms with E-state index in [0.717, 1.165) is 5.56 Å². The fourth-order valence-corrected chi connectivity index (χ4v) is 2.24. The molecule has 25 heavy (non-hydrogen) atoms. The highest BCUT2D eigenvalue weighted by molar-refractivity contribution is 6.31. The van der Waals surface area contributed by atoms with E-state index in [2.05, 4.69) is 0 Å². The molecule has 5 nitrogen and oxygen atoms in total. The fraction of sp³-hybridized carbons (Fsp3) is 0.158. The van der Waals surface area contributed by atoms with E-state index in [1.54, 1.807) is 49.6 Å². The summed E-state index contributed by atoms with van der Waals surface area (Å²) in [6, 6.07) is 11.7. The van der Waals surface area contributed by atoms with Crippen LogP contribution in [0.1, 0.15) is 15.9 Å². The zero-order chi connectivity index (χ0) is 18.2. The summed E-state index contributed by atoms with van der Waals surface area (Å²) in [5, 5.41) is 0.450. The van der Waals surface area contributed by atoms with Gasteiger partial charge < -0.3 is 14.2 Å². The molecule has 0 aliphatic heterocycles. The Morgan fingerprint density at radius 1 is 1.04 bits per heavy atom. The molecule has 0 aliphatic carbocycles. The minimum absolute atomic E-state index is 0.324. The van der Waals surface area contributed by atoms with Gasteiger partial charge in [0.05, 0.1) is 14.2 Å². The maximum Gasteiger partial charge on any atom is 0.331 e. The van der Waals surface area contributed by atoms with E-state index < -0.39 is 5.97 Å². The zero-order valence-electron chi connectivity index (χ0n) is 13.8. The molecule has 0 amide bonds. The van der Waals surface area contributed by atoms with Crippen molar-refractivity contribution < 1.29 is 23.8 Å². The van der Waals surface area contributed by atoms with E-state index >= 15 is 0 Å². The average Bonchev–Trinajstić information content (AvgIpc) is 2.64. The monoisotopic (exact) mass is 360 g/mol. The van der Waals surface area contributed by atoms with E-state index in [1.165, 1.54) is 19.3 Å².